The van der Waals surface area contributed by atoms with Gasteiger partial charge in [0, 0.05) is 0 Å². The topological polar surface area (TPSA) is 88.2 Å². The van der Waals surface area contributed by atoms with Gasteiger partial charge in [-0.15, -0.1) is 0 Å². The molecule has 1 heterocycles. The molecule has 0 aliphatic rings. The molecule has 0 aliphatic carbocycles. The summed E-state index contributed by atoms with van der Waals surface area (Å²) in [6.07, 6.45) is 1.48. The van der Waals surface area contributed by atoms with E-state index in [2.05, 4.69) is 10.3 Å². The van der Waals surface area contributed by atoms with Gasteiger partial charge in [0.25, 0.3) is 0 Å². The number of carboxylic acid groups (broad SMARTS) is 1. The summed E-state index contributed by atoms with van der Waals surface area (Å²) >= 11 is 1.22. The van der Waals surface area contributed by atoms with E-state index >= 15 is 0 Å². The number of hydrogen-bond donors (Lipinski definition) is 3. The van der Waals surface area contributed by atoms with Crippen molar-refractivity contribution in [1.29, 1.82) is 0 Å². The van der Waals surface area contributed by atoms with Crippen LogP contribution < -0.4 is 11.1 Å². The molecule has 0 aliphatic heterocycles. The monoisotopic (exact) mass is 173 g/mol. The van der Waals surface area contributed by atoms with Gasteiger partial charge in [-0.2, -0.15) is 0 Å². The predicted octanol–water partition coefficient (Wildman–Crippen LogP) is 0.222. The molecule has 4 N–H and O–H groups in total. The van der Waals surface area contributed by atoms with E-state index in [-0.39, 0.29) is 6.54 Å². The number of nitrogens with two attached hydrogens (primary N) is 1. The number of nitrogens with zero attached hydrogens (tertiary/aromatic N) is 1. The Morgan fingerprint density at radius 3 is 3.09 bits per heavy atom. The van der Waals surface area contributed by atoms with Gasteiger partial charge in [0.1, 0.15) is 11.5 Å². The van der Waals surface area contributed by atoms with E-state index < -0.39 is 5.97 Å². The molecular weight excluding hydrogens is 166 g/mol. The summed E-state index contributed by atoms with van der Waals surface area (Å²) in [6, 6.07) is 0. The van der Waals surface area contributed by atoms with Crippen molar-refractivity contribution in [1.82, 2.24) is 4.98 Å². The fraction of sp³-hybridized carbons (Fsp3) is 0.200. The Morgan fingerprint density at radius 1 is 1.91 bits per heavy atom. The zero-order chi connectivity index (χ0) is 8.27. The van der Waals surface area contributed by atoms with Crippen molar-refractivity contribution in [3.8, 4) is 0 Å². The molecule has 5 nitrogen and oxygen atoms in total. The van der Waals surface area contributed by atoms with Gasteiger partial charge in [-0.25, -0.2) is 4.98 Å². The van der Waals surface area contributed by atoms with Crippen molar-refractivity contribution < 1.29 is 9.90 Å². The van der Waals surface area contributed by atoms with Crippen LogP contribution >= 0.6 is 11.3 Å². The number of carboxylic acids is 1. The number of thiazole rings is 1. The van der Waals surface area contributed by atoms with Gasteiger partial charge in [-0.1, -0.05) is 11.3 Å². The molecule has 0 spiro atoms. The fourth-order valence-electron chi connectivity index (χ4n) is 0.520. The molecule has 0 amide bonds. The summed E-state index contributed by atoms with van der Waals surface area (Å²) in [5.41, 5.74) is 5.35. The summed E-state index contributed by atoms with van der Waals surface area (Å²) in [4.78, 5) is 13.9. The SMILES string of the molecule is Nc1cnc(NCC(=O)O)s1. The first-order chi connectivity index (χ1) is 5.18. The molecule has 0 saturated carbocycles. The molecule has 0 saturated heterocycles. The molecule has 0 fully saturated rings. The van der Waals surface area contributed by atoms with Crippen LogP contribution in [-0.2, 0) is 4.79 Å². The quantitative estimate of drug-likeness (QED) is 0.608. The first-order valence-electron chi connectivity index (χ1n) is 2.85. The molecule has 0 bridgehead atoms. The Kier molecular flexibility index (Phi) is 2.27. The fourth-order valence-corrected chi connectivity index (χ4v) is 1.10. The molecule has 0 aromatic carbocycles. The highest BCUT2D eigenvalue weighted by Crippen LogP contribution is 2.18. The molecule has 0 unspecified atom stereocenters. The smallest absolute Gasteiger partial charge is 0.322 e. The van der Waals surface area contributed by atoms with E-state index in [1.165, 1.54) is 17.5 Å². The minimum atomic E-state index is -0.918. The lowest BCUT2D eigenvalue weighted by molar-refractivity contribution is -0.134. The van der Waals surface area contributed by atoms with E-state index in [0.29, 0.717) is 10.1 Å². The summed E-state index contributed by atoms with van der Waals surface area (Å²) in [7, 11) is 0. The summed E-state index contributed by atoms with van der Waals surface area (Å²) in [5, 5.41) is 12.0. The van der Waals surface area contributed by atoms with Gasteiger partial charge >= 0.3 is 5.97 Å². The Balaban J connectivity index is 2.45. The normalized spacial score (nSPS) is 9.45. The van der Waals surface area contributed by atoms with Gasteiger partial charge in [0.2, 0.25) is 0 Å². The Hall–Kier alpha value is -1.30. The van der Waals surface area contributed by atoms with E-state index in [0.717, 1.165) is 0 Å². The summed E-state index contributed by atoms with van der Waals surface area (Å²) in [5.74, 6) is -0.918. The lowest BCUT2D eigenvalue weighted by atomic mass is 10.7. The van der Waals surface area contributed by atoms with Gasteiger partial charge in [-0.3, -0.25) is 4.79 Å². The molecule has 1 rings (SSSR count). The molecule has 0 radical (unpaired) electrons. The van der Waals surface area contributed by atoms with Crippen molar-refractivity contribution >= 4 is 27.4 Å². The number of hydrogen-bond acceptors (Lipinski definition) is 5. The third kappa shape index (κ3) is 2.42. The van der Waals surface area contributed by atoms with Crippen LogP contribution in [0, 0.1) is 0 Å². The molecule has 11 heavy (non-hydrogen) atoms. The zero-order valence-electron chi connectivity index (χ0n) is 5.57. The van der Waals surface area contributed by atoms with Crippen LogP contribution in [0.2, 0.25) is 0 Å². The number of nitrogens with one attached hydrogen (secondary N) is 1. The maximum absolute atomic E-state index is 10.1. The van der Waals surface area contributed by atoms with Crippen molar-refractivity contribution in [2.45, 2.75) is 0 Å². The molecular formula is C5H7N3O2S. The minimum absolute atomic E-state index is 0.132. The second-order valence-electron chi connectivity index (χ2n) is 1.82. The van der Waals surface area contributed by atoms with Crippen LogP contribution in [0.5, 0.6) is 0 Å². The van der Waals surface area contributed by atoms with Gasteiger partial charge in [0.05, 0.1) is 6.20 Å². The average molecular weight is 173 g/mol. The van der Waals surface area contributed by atoms with Crippen LogP contribution in [0.3, 0.4) is 0 Å². The largest absolute Gasteiger partial charge is 0.480 e. The lowest BCUT2D eigenvalue weighted by Crippen LogP contribution is -2.11. The zero-order valence-corrected chi connectivity index (χ0v) is 6.39. The first-order valence-corrected chi connectivity index (χ1v) is 3.67. The van der Waals surface area contributed by atoms with Crippen molar-refractivity contribution in [2.24, 2.45) is 0 Å². The van der Waals surface area contributed by atoms with Crippen LogP contribution in [0.1, 0.15) is 0 Å². The van der Waals surface area contributed by atoms with Crippen molar-refractivity contribution in [3.63, 3.8) is 0 Å². The van der Waals surface area contributed by atoms with E-state index in [1.54, 1.807) is 0 Å². The van der Waals surface area contributed by atoms with Crippen LogP contribution in [0.4, 0.5) is 10.1 Å². The number of aliphatic carboxylic acids is 1. The maximum Gasteiger partial charge on any atom is 0.322 e. The maximum atomic E-state index is 10.1. The highest BCUT2D eigenvalue weighted by atomic mass is 32.1. The molecule has 1 aromatic heterocycles. The minimum Gasteiger partial charge on any atom is -0.480 e. The highest BCUT2D eigenvalue weighted by Gasteiger charge is 1.99. The van der Waals surface area contributed by atoms with Crippen LogP contribution in [0.25, 0.3) is 0 Å². The van der Waals surface area contributed by atoms with E-state index in [4.69, 9.17) is 10.8 Å². The Morgan fingerprint density at radius 2 is 2.64 bits per heavy atom. The van der Waals surface area contributed by atoms with Gasteiger partial charge in [-0.05, 0) is 0 Å². The summed E-state index contributed by atoms with van der Waals surface area (Å²) in [6.45, 7) is -0.132. The molecule has 6 heteroatoms. The third-order valence-corrected chi connectivity index (χ3v) is 1.70. The number of aromatic nitrogens is 1. The van der Waals surface area contributed by atoms with Crippen molar-refractivity contribution in [2.75, 3.05) is 17.6 Å². The molecule has 1 aromatic rings. The second-order valence-corrected chi connectivity index (χ2v) is 2.88. The average Bonchev–Trinajstić information content (AvgIpc) is 2.31. The third-order valence-electron chi connectivity index (χ3n) is 0.914. The highest BCUT2D eigenvalue weighted by molar-refractivity contribution is 7.19. The Labute approximate surface area is 66.9 Å². The molecule has 60 valence electrons. The van der Waals surface area contributed by atoms with Gasteiger partial charge in [0.15, 0.2) is 5.13 Å². The number of anilines is 2. The first kappa shape index (κ1) is 7.80. The summed E-state index contributed by atoms with van der Waals surface area (Å²) < 4.78 is 0. The van der Waals surface area contributed by atoms with E-state index in [9.17, 15) is 4.79 Å². The molecule has 0 atom stereocenters. The van der Waals surface area contributed by atoms with Crippen molar-refractivity contribution in [3.05, 3.63) is 6.20 Å². The lowest BCUT2D eigenvalue weighted by Gasteiger charge is -1.94. The number of rotatable bonds is 3. The van der Waals surface area contributed by atoms with Crippen LogP contribution in [0.15, 0.2) is 6.20 Å². The van der Waals surface area contributed by atoms with Crippen LogP contribution in [-0.4, -0.2) is 22.6 Å². The predicted molar refractivity (Wildman–Crippen MR) is 42.7 cm³/mol. The Bertz CT molecular complexity index is 260. The van der Waals surface area contributed by atoms with Gasteiger partial charge < -0.3 is 16.2 Å². The number of nitrogen functional groups attached to an aromatic ring is 1. The number of carbonyl (C=O) groups is 1. The second kappa shape index (κ2) is 3.20. The van der Waals surface area contributed by atoms with E-state index in [1.807, 2.05) is 0 Å². The standard InChI is InChI=1S/C5H7N3O2S/c6-3-1-7-5(11-3)8-2-4(9)10/h1H,2,6H2,(H,7,8)(H,9,10).